The maximum absolute atomic E-state index is 12.3. The number of hydrogen-bond donors (Lipinski definition) is 0. The highest BCUT2D eigenvalue weighted by molar-refractivity contribution is 9.10. The second-order valence-corrected chi connectivity index (χ2v) is 6.51. The molecule has 2 aliphatic rings. The molecule has 102 valence electrons. The number of benzene rings is 1. The van der Waals surface area contributed by atoms with Gasteiger partial charge in [0.05, 0.1) is 0 Å². The van der Waals surface area contributed by atoms with Gasteiger partial charge in [-0.3, -0.25) is 4.79 Å². The lowest BCUT2D eigenvalue weighted by atomic mass is 10.1. The fraction of sp³-hybridized carbons (Fsp3) is 0.533. The third kappa shape index (κ3) is 2.56. The Morgan fingerprint density at radius 1 is 1.42 bits per heavy atom. The second-order valence-electron chi connectivity index (χ2n) is 5.59. The first-order valence-electron chi connectivity index (χ1n) is 6.93. The number of fused-ring (bicyclic) bond motifs is 1. The fourth-order valence-corrected chi connectivity index (χ4v) is 3.59. The zero-order valence-electron chi connectivity index (χ0n) is 11.2. The molecule has 3 nitrogen and oxygen atoms in total. The van der Waals surface area contributed by atoms with E-state index in [2.05, 4.69) is 33.9 Å². The molecule has 1 amide bonds. The number of halogens is 1. The van der Waals surface area contributed by atoms with Gasteiger partial charge in [-0.15, -0.1) is 0 Å². The molecular weight excluding hydrogens is 304 g/mol. The highest BCUT2D eigenvalue weighted by atomic mass is 79.9. The summed E-state index contributed by atoms with van der Waals surface area (Å²) in [6, 6.07) is 6.60. The average molecular weight is 323 g/mol. The van der Waals surface area contributed by atoms with Gasteiger partial charge in [0.15, 0.2) is 0 Å². The van der Waals surface area contributed by atoms with Gasteiger partial charge in [-0.05, 0) is 56.6 Å². The average Bonchev–Trinajstić information content (AvgIpc) is 2.91. The Labute approximate surface area is 122 Å². The molecule has 3 rings (SSSR count). The van der Waals surface area contributed by atoms with Crippen LogP contribution in [0, 0.1) is 0 Å². The van der Waals surface area contributed by atoms with Crippen LogP contribution in [-0.2, 0) is 6.54 Å². The number of carbonyl (C=O) groups is 1. The Morgan fingerprint density at radius 2 is 2.26 bits per heavy atom. The van der Waals surface area contributed by atoms with E-state index in [1.54, 1.807) is 0 Å². The first-order chi connectivity index (χ1) is 9.15. The third-order valence-corrected chi connectivity index (χ3v) is 4.84. The highest BCUT2D eigenvalue weighted by Crippen LogP contribution is 2.27. The maximum Gasteiger partial charge on any atom is 0.254 e. The minimum atomic E-state index is 0.197. The molecule has 1 fully saturated rings. The number of carbonyl (C=O) groups excluding carboxylic acids is 1. The van der Waals surface area contributed by atoms with E-state index >= 15 is 0 Å². The largest absolute Gasteiger partial charge is 0.334 e. The van der Waals surface area contributed by atoms with Crippen molar-refractivity contribution in [3.63, 3.8) is 0 Å². The molecule has 2 aliphatic heterocycles. The quantitative estimate of drug-likeness (QED) is 0.854. The van der Waals surface area contributed by atoms with Crippen molar-refractivity contribution in [1.82, 2.24) is 9.80 Å². The van der Waals surface area contributed by atoms with Crippen molar-refractivity contribution in [3.05, 3.63) is 33.8 Å². The fourth-order valence-electron chi connectivity index (χ4n) is 3.18. The van der Waals surface area contributed by atoms with Crippen LogP contribution in [0.3, 0.4) is 0 Å². The van der Waals surface area contributed by atoms with E-state index in [-0.39, 0.29) is 5.91 Å². The molecule has 2 heterocycles. The van der Waals surface area contributed by atoms with Crippen LogP contribution in [0.15, 0.2) is 22.7 Å². The van der Waals surface area contributed by atoms with Crippen molar-refractivity contribution in [3.8, 4) is 0 Å². The van der Waals surface area contributed by atoms with Crippen LogP contribution in [0.2, 0.25) is 0 Å². The number of rotatable bonds is 3. The van der Waals surface area contributed by atoms with E-state index in [4.69, 9.17) is 0 Å². The van der Waals surface area contributed by atoms with Crippen molar-refractivity contribution in [1.29, 1.82) is 0 Å². The molecule has 0 spiro atoms. The summed E-state index contributed by atoms with van der Waals surface area (Å²) in [6.45, 7) is 2.84. The van der Waals surface area contributed by atoms with Gasteiger partial charge in [-0.2, -0.15) is 0 Å². The normalized spacial score (nSPS) is 23.2. The topological polar surface area (TPSA) is 23.6 Å². The summed E-state index contributed by atoms with van der Waals surface area (Å²) in [5.74, 6) is 0.197. The predicted octanol–water partition coefficient (Wildman–Crippen LogP) is 2.89. The molecule has 0 N–H and O–H groups in total. The van der Waals surface area contributed by atoms with Crippen molar-refractivity contribution in [2.45, 2.75) is 31.8 Å². The van der Waals surface area contributed by atoms with Crippen LogP contribution in [0.5, 0.6) is 0 Å². The Morgan fingerprint density at radius 3 is 3.00 bits per heavy atom. The van der Waals surface area contributed by atoms with Crippen LogP contribution in [0.4, 0.5) is 0 Å². The molecule has 4 heteroatoms. The number of nitrogens with zero attached hydrogens (tertiary/aromatic N) is 2. The lowest BCUT2D eigenvalue weighted by molar-refractivity contribution is 0.0765. The minimum Gasteiger partial charge on any atom is -0.334 e. The lowest BCUT2D eigenvalue weighted by Gasteiger charge is -2.23. The second kappa shape index (κ2) is 5.25. The van der Waals surface area contributed by atoms with E-state index in [0.717, 1.165) is 35.1 Å². The summed E-state index contributed by atoms with van der Waals surface area (Å²) in [7, 11) is 2.19. The summed E-state index contributed by atoms with van der Waals surface area (Å²) < 4.78 is 1.05. The summed E-state index contributed by atoms with van der Waals surface area (Å²) in [5.41, 5.74) is 2.03. The van der Waals surface area contributed by atoms with Crippen LogP contribution in [0.1, 0.15) is 35.2 Å². The van der Waals surface area contributed by atoms with E-state index in [1.165, 1.54) is 19.4 Å². The maximum atomic E-state index is 12.3. The minimum absolute atomic E-state index is 0.197. The van der Waals surface area contributed by atoms with Crippen LogP contribution in [-0.4, -0.2) is 41.9 Å². The molecule has 1 aromatic rings. The number of likely N-dealkylation sites (tertiary alicyclic amines) is 1. The van der Waals surface area contributed by atoms with Crippen LogP contribution in [0.25, 0.3) is 0 Å². The standard InChI is InChI=1S/C15H19BrN2O/c1-17-7-2-3-13(17)6-8-18-10-11-9-12(16)4-5-14(11)15(18)19/h4-5,9,13H,2-3,6-8,10H2,1H3. The van der Waals surface area contributed by atoms with E-state index < -0.39 is 0 Å². The van der Waals surface area contributed by atoms with E-state index in [9.17, 15) is 4.79 Å². The van der Waals surface area contributed by atoms with Gasteiger partial charge in [-0.1, -0.05) is 15.9 Å². The van der Waals surface area contributed by atoms with Gasteiger partial charge in [0.1, 0.15) is 0 Å². The zero-order chi connectivity index (χ0) is 13.4. The first-order valence-corrected chi connectivity index (χ1v) is 7.72. The summed E-state index contributed by atoms with van der Waals surface area (Å²) in [5, 5.41) is 0. The van der Waals surface area contributed by atoms with Gasteiger partial charge in [-0.25, -0.2) is 0 Å². The third-order valence-electron chi connectivity index (χ3n) is 4.35. The Balaban J connectivity index is 1.64. The Kier molecular flexibility index (Phi) is 3.63. The molecule has 1 aromatic carbocycles. The van der Waals surface area contributed by atoms with Gasteiger partial charge >= 0.3 is 0 Å². The van der Waals surface area contributed by atoms with Crippen molar-refractivity contribution < 1.29 is 4.79 Å². The SMILES string of the molecule is CN1CCCC1CCN1Cc2cc(Br)ccc2C1=O. The molecular formula is C15H19BrN2O. The summed E-state index contributed by atoms with van der Waals surface area (Å²) in [4.78, 5) is 16.7. The van der Waals surface area contributed by atoms with E-state index in [0.29, 0.717) is 6.04 Å². The smallest absolute Gasteiger partial charge is 0.254 e. The van der Waals surface area contributed by atoms with Crippen molar-refractivity contribution >= 4 is 21.8 Å². The Hall–Kier alpha value is -0.870. The molecule has 0 aliphatic carbocycles. The molecule has 0 bridgehead atoms. The molecule has 0 radical (unpaired) electrons. The number of hydrogen-bond acceptors (Lipinski definition) is 2. The lowest BCUT2D eigenvalue weighted by Crippen LogP contribution is -2.32. The van der Waals surface area contributed by atoms with Gasteiger partial charge < -0.3 is 9.80 Å². The Bertz CT molecular complexity index is 503. The summed E-state index contributed by atoms with van der Waals surface area (Å²) in [6.07, 6.45) is 3.66. The number of amides is 1. The van der Waals surface area contributed by atoms with Crippen LogP contribution >= 0.6 is 15.9 Å². The van der Waals surface area contributed by atoms with Gasteiger partial charge in [0.25, 0.3) is 5.91 Å². The van der Waals surface area contributed by atoms with Crippen molar-refractivity contribution in [2.24, 2.45) is 0 Å². The van der Waals surface area contributed by atoms with Gasteiger partial charge in [0, 0.05) is 29.2 Å². The molecule has 1 saturated heterocycles. The monoisotopic (exact) mass is 322 g/mol. The predicted molar refractivity (Wildman–Crippen MR) is 79.2 cm³/mol. The molecule has 0 saturated carbocycles. The molecule has 0 aromatic heterocycles. The van der Waals surface area contributed by atoms with Crippen molar-refractivity contribution in [2.75, 3.05) is 20.1 Å². The first kappa shape index (κ1) is 13.1. The zero-order valence-corrected chi connectivity index (χ0v) is 12.8. The van der Waals surface area contributed by atoms with E-state index in [1.807, 2.05) is 17.0 Å². The summed E-state index contributed by atoms with van der Waals surface area (Å²) >= 11 is 3.47. The van der Waals surface area contributed by atoms with Crippen LogP contribution < -0.4 is 0 Å². The molecule has 19 heavy (non-hydrogen) atoms. The highest BCUT2D eigenvalue weighted by Gasteiger charge is 2.29. The molecule has 1 unspecified atom stereocenters. The van der Waals surface area contributed by atoms with Gasteiger partial charge in [0.2, 0.25) is 0 Å². The molecule has 1 atom stereocenters.